The van der Waals surface area contributed by atoms with Crippen molar-refractivity contribution in [3.63, 3.8) is 0 Å². The molecule has 0 aromatic heterocycles. The molecule has 2 heterocycles. The van der Waals surface area contributed by atoms with Crippen LogP contribution in [-0.2, 0) is 11.2 Å². The lowest BCUT2D eigenvalue weighted by molar-refractivity contribution is -0.113. The van der Waals surface area contributed by atoms with Gasteiger partial charge in [-0.3, -0.25) is 4.79 Å². The van der Waals surface area contributed by atoms with Crippen LogP contribution in [0.5, 0.6) is 0 Å². The number of rotatable bonds is 3. The summed E-state index contributed by atoms with van der Waals surface area (Å²) in [5.41, 5.74) is 2.37. The number of amides is 1. The molecule has 0 saturated carbocycles. The van der Waals surface area contributed by atoms with Crippen molar-refractivity contribution in [1.82, 2.24) is 9.80 Å². The van der Waals surface area contributed by atoms with Crippen molar-refractivity contribution in [3.05, 3.63) is 40.3 Å². The van der Waals surface area contributed by atoms with Crippen LogP contribution in [0.1, 0.15) is 25.0 Å². The molecule has 0 spiro atoms. The van der Waals surface area contributed by atoms with Crippen LogP contribution in [0.25, 0.3) is 6.08 Å². The van der Waals surface area contributed by atoms with Gasteiger partial charge in [-0.25, -0.2) is 0 Å². The van der Waals surface area contributed by atoms with E-state index in [4.69, 9.17) is 0 Å². The molecule has 1 aromatic carbocycles. The number of amidine groups is 1. The van der Waals surface area contributed by atoms with Gasteiger partial charge in [0.15, 0.2) is 5.17 Å². The van der Waals surface area contributed by atoms with Gasteiger partial charge in [0.25, 0.3) is 5.91 Å². The Kier molecular flexibility index (Phi) is 5.18. The van der Waals surface area contributed by atoms with Gasteiger partial charge in [-0.1, -0.05) is 38.1 Å². The van der Waals surface area contributed by atoms with E-state index in [0.29, 0.717) is 0 Å². The van der Waals surface area contributed by atoms with Crippen molar-refractivity contribution in [1.29, 1.82) is 0 Å². The number of likely N-dealkylation sites (N-methyl/N-ethyl adjacent to an activating group) is 1. The zero-order valence-electron chi connectivity index (χ0n) is 13.8. The van der Waals surface area contributed by atoms with Crippen LogP contribution >= 0.6 is 11.8 Å². The van der Waals surface area contributed by atoms with Crippen molar-refractivity contribution >= 4 is 28.9 Å². The number of thioether (sulfide) groups is 1. The predicted octanol–water partition coefficient (Wildman–Crippen LogP) is 2.86. The number of piperazine rings is 1. The van der Waals surface area contributed by atoms with Gasteiger partial charge in [0.2, 0.25) is 0 Å². The number of aliphatic imine (C=N–C) groups is 1. The van der Waals surface area contributed by atoms with Crippen LogP contribution < -0.4 is 0 Å². The third-order valence-electron chi connectivity index (χ3n) is 4.38. The Bertz CT molecular complexity index is 628. The lowest BCUT2D eigenvalue weighted by Crippen LogP contribution is -2.47. The molecule has 5 heteroatoms. The first-order valence-electron chi connectivity index (χ1n) is 8.28. The summed E-state index contributed by atoms with van der Waals surface area (Å²) in [5.74, 6) is -0.109. The predicted molar refractivity (Wildman–Crippen MR) is 97.5 cm³/mol. The summed E-state index contributed by atoms with van der Waals surface area (Å²) in [6.07, 6.45) is 2.98. The highest BCUT2D eigenvalue weighted by Gasteiger charge is 2.28. The lowest BCUT2D eigenvalue weighted by Gasteiger charge is -2.34. The largest absolute Gasteiger partial charge is 0.348 e. The summed E-state index contributed by atoms with van der Waals surface area (Å²) in [7, 11) is 0. The Morgan fingerprint density at radius 3 is 2.43 bits per heavy atom. The van der Waals surface area contributed by atoms with Gasteiger partial charge in [0.1, 0.15) is 0 Å². The third-order valence-corrected chi connectivity index (χ3v) is 5.43. The average Bonchev–Trinajstić information content (AvgIpc) is 2.96. The molecule has 1 amide bonds. The quantitative estimate of drug-likeness (QED) is 0.799. The number of nitrogens with zero attached hydrogens (tertiary/aromatic N) is 3. The molecule has 1 saturated heterocycles. The van der Waals surface area contributed by atoms with Crippen LogP contribution in [0.2, 0.25) is 0 Å². The van der Waals surface area contributed by atoms with Crippen molar-refractivity contribution in [2.24, 2.45) is 4.99 Å². The van der Waals surface area contributed by atoms with Crippen LogP contribution in [0, 0.1) is 0 Å². The molecule has 2 aliphatic rings. The Hall–Kier alpha value is -1.59. The second-order valence-electron chi connectivity index (χ2n) is 5.83. The van der Waals surface area contributed by atoms with Gasteiger partial charge in [0.05, 0.1) is 4.91 Å². The summed E-state index contributed by atoms with van der Waals surface area (Å²) in [5, 5.41) is 0.863. The van der Waals surface area contributed by atoms with E-state index < -0.39 is 0 Å². The minimum absolute atomic E-state index is 0.109. The van der Waals surface area contributed by atoms with Gasteiger partial charge in [-0.2, -0.15) is 4.99 Å². The SMILES string of the molecule is CCc1ccc(/C=C2/SC(N3CCN(CC)CC3)=NC2=O)cc1. The summed E-state index contributed by atoms with van der Waals surface area (Å²) in [6, 6.07) is 8.36. The van der Waals surface area contributed by atoms with E-state index in [9.17, 15) is 4.79 Å². The van der Waals surface area contributed by atoms with Crippen LogP contribution in [0.3, 0.4) is 0 Å². The Morgan fingerprint density at radius 1 is 1.13 bits per heavy atom. The first-order chi connectivity index (χ1) is 11.2. The molecule has 0 atom stereocenters. The van der Waals surface area contributed by atoms with Crippen LogP contribution in [0.4, 0.5) is 0 Å². The normalized spacial score (nSPS) is 21.1. The van der Waals surface area contributed by atoms with E-state index in [2.05, 4.69) is 52.9 Å². The number of hydrogen-bond donors (Lipinski definition) is 0. The number of benzene rings is 1. The van der Waals surface area contributed by atoms with E-state index in [1.54, 1.807) is 0 Å². The number of aryl methyl sites for hydroxylation is 1. The summed E-state index contributed by atoms with van der Waals surface area (Å²) in [4.78, 5) is 21.8. The minimum Gasteiger partial charge on any atom is -0.348 e. The zero-order chi connectivity index (χ0) is 16.2. The molecular formula is C18H23N3OS. The summed E-state index contributed by atoms with van der Waals surface area (Å²) < 4.78 is 0. The van der Waals surface area contributed by atoms with Crippen molar-refractivity contribution in [3.8, 4) is 0 Å². The average molecular weight is 329 g/mol. The Labute approximate surface area is 142 Å². The molecule has 0 radical (unpaired) electrons. The topological polar surface area (TPSA) is 35.9 Å². The van der Waals surface area contributed by atoms with Gasteiger partial charge in [-0.15, -0.1) is 0 Å². The molecule has 0 aliphatic carbocycles. The van der Waals surface area contributed by atoms with Crippen molar-refractivity contribution < 1.29 is 4.79 Å². The van der Waals surface area contributed by atoms with Gasteiger partial charge < -0.3 is 9.80 Å². The van der Waals surface area contributed by atoms with E-state index in [1.807, 2.05) is 6.08 Å². The minimum atomic E-state index is -0.109. The number of carbonyl (C=O) groups excluding carboxylic acids is 1. The highest BCUT2D eigenvalue weighted by atomic mass is 32.2. The summed E-state index contributed by atoms with van der Waals surface area (Å²) in [6.45, 7) is 9.40. The standard InChI is InChI=1S/C18H23N3OS/c1-3-14-5-7-15(8-6-14)13-16-17(22)19-18(23-16)21-11-9-20(4-2)10-12-21/h5-8,13H,3-4,9-12H2,1-2H3/b16-13+. The monoisotopic (exact) mass is 329 g/mol. The highest BCUT2D eigenvalue weighted by Crippen LogP contribution is 2.30. The fraction of sp³-hybridized carbons (Fsp3) is 0.444. The van der Waals surface area contributed by atoms with E-state index in [1.165, 1.54) is 17.3 Å². The number of hydrogen-bond acceptors (Lipinski definition) is 4. The molecule has 3 rings (SSSR count). The maximum absolute atomic E-state index is 12.2. The van der Waals surface area contributed by atoms with E-state index >= 15 is 0 Å². The number of carbonyl (C=O) groups is 1. The molecule has 0 unspecified atom stereocenters. The summed E-state index contributed by atoms with van der Waals surface area (Å²) >= 11 is 1.51. The zero-order valence-corrected chi connectivity index (χ0v) is 14.6. The van der Waals surface area contributed by atoms with E-state index in [0.717, 1.165) is 54.8 Å². The van der Waals surface area contributed by atoms with Gasteiger partial charge in [-0.05, 0) is 41.9 Å². The van der Waals surface area contributed by atoms with Crippen molar-refractivity contribution in [2.75, 3.05) is 32.7 Å². The molecular weight excluding hydrogens is 306 g/mol. The van der Waals surface area contributed by atoms with Crippen LogP contribution in [0.15, 0.2) is 34.2 Å². The Balaban J connectivity index is 1.66. The lowest BCUT2D eigenvalue weighted by atomic mass is 10.1. The second kappa shape index (κ2) is 7.32. The fourth-order valence-electron chi connectivity index (χ4n) is 2.79. The third kappa shape index (κ3) is 3.85. The molecule has 1 aromatic rings. The first-order valence-corrected chi connectivity index (χ1v) is 9.10. The molecule has 0 N–H and O–H groups in total. The molecule has 23 heavy (non-hydrogen) atoms. The maximum Gasteiger partial charge on any atom is 0.286 e. The smallest absolute Gasteiger partial charge is 0.286 e. The molecule has 1 fully saturated rings. The highest BCUT2D eigenvalue weighted by molar-refractivity contribution is 8.18. The van der Waals surface area contributed by atoms with Crippen molar-refractivity contribution in [2.45, 2.75) is 20.3 Å². The molecule has 0 bridgehead atoms. The molecule has 122 valence electrons. The van der Waals surface area contributed by atoms with E-state index in [-0.39, 0.29) is 5.91 Å². The van der Waals surface area contributed by atoms with Gasteiger partial charge in [0, 0.05) is 26.2 Å². The van der Waals surface area contributed by atoms with Crippen LogP contribution in [-0.4, -0.2) is 53.6 Å². The molecule has 2 aliphatic heterocycles. The molecule has 4 nitrogen and oxygen atoms in total. The Morgan fingerprint density at radius 2 is 1.83 bits per heavy atom. The second-order valence-corrected chi connectivity index (χ2v) is 6.84. The fourth-order valence-corrected chi connectivity index (χ4v) is 3.75. The van der Waals surface area contributed by atoms with Gasteiger partial charge >= 0.3 is 0 Å². The maximum atomic E-state index is 12.2. The first kappa shape index (κ1) is 16.3.